The first-order valence-corrected chi connectivity index (χ1v) is 18.2. The molecular formula is C41H74N2. The van der Waals surface area contributed by atoms with E-state index >= 15 is 0 Å². The molecular weight excluding hydrogens is 520 g/mol. The lowest BCUT2D eigenvalue weighted by Gasteiger charge is -2.38. The van der Waals surface area contributed by atoms with Gasteiger partial charge in [0.25, 0.3) is 0 Å². The van der Waals surface area contributed by atoms with Crippen molar-refractivity contribution in [3.63, 3.8) is 0 Å². The van der Waals surface area contributed by atoms with E-state index < -0.39 is 0 Å². The van der Waals surface area contributed by atoms with Crippen LogP contribution in [0.2, 0.25) is 0 Å². The minimum absolute atomic E-state index is 0. The third-order valence-corrected chi connectivity index (χ3v) is 8.08. The summed E-state index contributed by atoms with van der Waals surface area (Å²) in [5.41, 5.74) is 6.88. The average molecular weight is 595 g/mol. The van der Waals surface area contributed by atoms with Crippen molar-refractivity contribution in [1.29, 1.82) is 0 Å². The number of hydrogen-bond acceptors (Lipinski definition) is 2. The van der Waals surface area contributed by atoms with E-state index in [1.165, 1.54) is 98.7 Å². The van der Waals surface area contributed by atoms with Crippen LogP contribution in [0, 0.1) is 23.7 Å². The third-order valence-electron chi connectivity index (χ3n) is 8.08. The molecule has 0 amide bonds. The molecule has 0 radical (unpaired) electrons. The van der Waals surface area contributed by atoms with Crippen LogP contribution in [0.3, 0.4) is 0 Å². The molecule has 2 heteroatoms. The number of hydrogen-bond donors (Lipinski definition) is 0. The number of allylic oxidation sites excluding steroid dienone is 10. The van der Waals surface area contributed by atoms with Gasteiger partial charge in [0.2, 0.25) is 0 Å². The van der Waals surface area contributed by atoms with E-state index in [-0.39, 0.29) is 1.43 Å². The van der Waals surface area contributed by atoms with Crippen LogP contribution in [0.25, 0.3) is 0 Å². The molecule has 0 saturated heterocycles. The molecule has 2 nitrogen and oxygen atoms in total. The summed E-state index contributed by atoms with van der Waals surface area (Å²) in [7, 11) is 2.18. The van der Waals surface area contributed by atoms with E-state index in [1.807, 2.05) is 33.9 Å². The molecule has 248 valence electrons. The van der Waals surface area contributed by atoms with Gasteiger partial charge in [-0.2, -0.15) is 0 Å². The van der Waals surface area contributed by atoms with Crippen LogP contribution in [0.1, 0.15) is 141 Å². The zero-order valence-electron chi connectivity index (χ0n) is 30.6. The van der Waals surface area contributed by atoms with E-state index in [2.05, 4.69) is 102 Å². The summed E-state index contributed by atoms with van der Waals surface area (Å²) >= 11 is 0. The lowest BCUT2D eigenvalue weighted by atomic mass is 9.66. The van der Waals surface area contributed by atoms with Crippen LogP contribution in [0.4, 0.5) is 0 Å². The Bertz CT molecular complexity index is 920. The van der Waals surface area contributed by atoms with E-state index in [1.54, 1.807) is 0 Å². The van der Waals surface area contributed by atoms with Crippen LogP contribution in [-0.4, -0.2) is 31.3 Å². The molecule has 0 spiro atoms. The van der Waals surface area contributed by atoms with Gasteiger partial charge in [0.15, 0.2) is 0 Å². The SMILES string of the molecule is C=C1C2=CC=CCC=C2C2=C(CC=CN=C2)[C@H]1C(CCC)CCC.CC.CC.CCCC1CC1.CCCN(C)CC(C)C.[HH]. The molecule has 1 atom stereocenters. The van der Waals surface area contributed by atoms with Crippen molar-refractivity contribution in [1.82, 2.24) is 4.90 Å². The van der Waals surface area contributed by atoms with Gasteiger partial charge >= 0.3 is 0 Å². The van der Waals surface area contributed by atoms with Gasteiger partial charge in [0.05, 0.1) is 0 Å². The van der Waals surface area contributed by atoms with Crippen molar-refractivity contribution >= 4 is 6.21 Å². The highest BCUT2D eigenvalue weighted by Crippen LogP contribution is 2.48. The highest BCUT2D eigenvalue weighted by molar-refractivity contribution is 5.92. The molecule has 0 bridgehead atoms. The van der Waals surface area contributed by atoms with Crippen molar-refractivity contribution in [2.75, 3.05) is 20.1 Å². The highest BCUT2D eigenvalue weighted by atomic mass is 15.1. The summed E-state index contributed by atoms with van der Waals surface area (Å²) in [5, 5.41) is 0. The second-order valence-corrected chi connectivity index (χ2v) is 12.4. The fourth-order valence-corrected chi connectivity index (χ4v) is 6.33. The quantitative estimate of drug-likeness (QED) is 0.232. The number of fused-ring (bicyclic) bond motifs is 2. The number of nitrogens with zero attached hydrogens (tertiary/aromatic N) is 2. The van der Waals surface area contributed by atoms with Gasteiger partial charge in [-0.1, -0.05) is 145 Å². The maximum absolute atomic E-state index is 4.58. The standard InChI is InChI=1S/C23H29N.C8H19N.C6H12.2C2H6.H2/c1-4-10-18(11-5-2)23-17(3)19-12-7-6-8-13-20(19)22-16-24-15-9-14-21(22)23;1-5-6-9(4)7-8(2)3;1-2-3-6-4-5-6;2*1-2;/h6-7,9,12-13,15-16,18,23H,3-5,8,10-11,14H2,1-2H3;8H,5-7H2,1-4H3;6H,2-5H2,1H3;2*1-2H3;1H/t23-;;;;;/m1...../s1. The van der Waals surface area contributed by atoms with Crippen LogP contribution < -0.4 is 0 Å². The molecule has 1 heterocycles. The van der Waals surface area contributed by atoms with Gasteiger partial charge in [-0.25, -0.2) is 0 Å². The lowest BCUT2D eigenvalue weighted by molar-refractivity contribution is 0.296. The zero-order chi connectivity index (χ0) is 32.6. The van der Waals surface area contributed by atoms with Gasteiger partial charge in [0, 0.05) is 31.9 Å². The second kappa shape index (κ2) is 25.4. The minimum atomic E-state index is 0. The predicted octanol–water partition coefficient (Wildman–Crippen LogP) is 13.0. The molecule has 4 aliphatic rings. The molecule has 0 aromatic rings. The van der Waals surface area contributed by atoms with Crippen molar-refractivity contribution in [3.8, 4) is 0 Å². The smallest absolute Gasteiger partial charge is 0.0346 e. The third kappa shape index (κ3) is 15.6. The number of aliphatic imine (C=N–C) groups is 1. The molecule has 0 unspecified atom stereocenters. The topological polar surface area (TPSA) is 15.6 Å². The summed E-state index contributed by atoms with van der Waals surface area (Å²) in [6, 6.07) is 0. The molecule has 4 rings (SSSR count). The second-order valence-electron chi connectivity index (χ2n) is 12.4. The van der Waals surface area contributed by atoms with Crippen LogP contribution in [0.5, 0.6) is 0 Å². The Morgan fingerprint density at radius 2 is 1.58 bits per heavy atom. The Kier molecular flexibility index (Phi) is 24.3. The predicted molar refractivity (Wildman–Crippen MR) is 200 cm³/mol. The van der Waals surface area contributed by atoms with Gasteiger partial charge in [-0.15, -0.1) is 0 Å². The average Bonchev–Trinajstić information content (AvgIpc) is 3.85. The Morgan fingerprint density at radius 1 is 0.930 bits per heavy atom. The summed E-state index contributed by atoms with van der Waals surface area (Å²) in [4.78, 5) is 6.89. The molecule has 0 aromatic carbocycles. The van der Waals surface area contributed by atoms with Gasteiger partial charge in [0.1, 0.15) is 0 Å². The molecule has 0 aromatic heterocycles. The molecule has 3 aliphatic carbocycles. The molecule has 1 saturated carbocycles. The van der Waals surface area contributed by atoms with Crippen LogP contribution in [0.15, 0.2) is 76.0 Å². The van der Waals surface area contributed by atoms with E-state index in [0.717, 1.165) is 24.7 Å². The highest BCUT2D eigenvalue weighted by Gasteiger charge is 2.35. The van der Waals surface area contributed by atoms with Crippen molar-refractivity contribution in [3.05, 3.63) is 71.0 Å². The monoisotopic (exact) mass is 595 g/mol. The van der Waals surface area contributed by atoms with Gasteiger partial charge in [-0.05, 0) is 85.7 Å². The summed E-state index contributed by atoms with van der Waals surface area (Å²) in [5.74, 6) is 3.10. The molecule has 43 heavy (non-hydrogen) atoms. The molecule has 1 fully saturated rings. The first kappa shape index (κ1) is 41.1. The number of rotatable bonds is 11. The Balaban J connectivity index is 0. The summed E-state index contributed by atoms with van der Waals surface area (Å²) in [6.07, 6.45) is 29.5. The van der Waals surface area contributed by atoms with E-state index in [0.29, 0.717) is 11.8 Å². The van der Waals surface area contributed by atoms with Gasteiger partial charge < -0.3 is 4.90 Å². The van der Waals surface area contributed by atoms with Crippen LogP contribution >= 0.6 is 0 Å². The maximum Gasteiger partial charge on any atom is 0.0346 e. The van der Waals surface area contributed by atoms with E-state index in [4.69, 9.17) is 0 Å². The summed E-state index contributed by atoms with van der Waals surface area (Å²) in [6.45, 7) is 28.6. The van der Waals surface area contributed by atoms with Gasteiger partial charge in [-0.3, -0.25) is 4.99 Å². The first-order chi connectivity index (χ1) is 20.9. The van der Waals surface area contributed by atoms with Crippen molar-refractivity contribution in [2.24, 2.45) is 28.7 Å². The maximum atomic E-state index is 4.58. The van der Waals surface area contributed by atoms with Crippen molar-refractivity contribution < 1.29 is 1.43 Å². The largest absolute Gasteiger partial charge is 0.306 e. The Hall–Kier alpha value is -1.93. The fourth-order valence-electron chi connectivity index (χ4n) is 6.33. The first-order valence-electron chi connectivity index (χ1n) is 18.2. The minimum Gasteiger partial charge on any atom is -0.306 e. The zero-order valence-corrected chi connectivity index (χ0v) is 30.6. The summed E-state index contributed by atoms with van der Waals surface area (Å²) < 4.78 is 0. The van der Waals surface area contributed by atoms with Crippen molar-refractivity contribution in [2.45, 2.75) is 140 Å². The fraction of sp³-hybridized carbons (Fsp3) is 0.683. The normalized spacial score (nSPS) is 18.4. The van der Waals surface area contributed by atoms with E-state index in [9.17, 15) is 0 Å². The molecule has 0 N–H and O–H groups in total. The lowest BCUT2D eigenvalue weighted by Crippen LogP contribution is -2.26. The Morgan fingerprint density at radius 3 is 2.09 bits per heavy atom. The molecule has 1 aliphatic heterocycles. The van der Waals surface area contributed by atoms with Crippen LogP contribution in [-0.2, 0) is 0 Å². The Labute approximate surface area is 271 Å².